The van der Waals surface area contributed by atoms with Crippen molar-refractivity contribution in [3.8, 4) is 0 Å². The Balaban J connectivity index is 3.04. The molecular weight excluding hydrogens is 294 g/mol. The van der Waals surface area contributed by atoms with Crippen LogP contribution in [0.2, 0.25) is 0 Å². The summed E-state index contributed by atoms with van der Waals surface area (Å²) in [7, 11) is -3.79. The lowest BCUT2D eigenvalue weighted by atomic mass is 10.1. The van der Waals surface area contributed by atoms with E-state index < -0.39 is 21.6 Å². The molecule has 0 aromatic heterocycles. The van der Waals surface area contributed by atoms with Crippen LogP contribution in [-0.2, 0) is 14.8 Å². The molecule has 0 amide bonds. The summed E-state index contributed by atoms with van der Waals surface area (Å²) in [5, 5.41) is 9.05. The van der Waals surface area contributed by atoms with Crippen molar-refractivity contribution in [2.75, 3.05) is 13.2 Å². The minimum atomic E-state index is -3.79. The highest BCUT2D eigenvalue weighted by Crippen LogP contribution is 2.19. The molecule has 0 unspecified atom stereocenters. The van der Waals surface area contributed by atoms with Crippen LogP contribution >= 0.6 is 0 Å². The van der Waals surface area contributed by atoms with E-state index in [0.29, 0.717) is 6.61 Å². The molecule has 0 aliphatic carbocycles. The summed E-state index contributed by atoms with van der Waals surface area (Å²) >= 11 is 0. The van der Waals surface area contributed by atoms with Crippen LogP contribution in [0, 0.1) is 6.92 Å². The predicted molar refractivity (Wildman–Crippen MR) is 79.0 cm³/mol. The Morgan fingerprint density at radius 2 is 2.00 bits per heavy atom. The van der Waals surface area contributed by atoms with Crippen molar-refractivity contribution in [1.82, 2.24) is 4.72 Å². The quantitative estimate of drug-likeness (QED) is 0.800. The first kappa shape index (κ1) is 17.6. The van der Waals surface area contributed by atoms with Crippen LogP contribution in [0.1, 0.15) is 36.7 Å². The average molecular weight is 315 g/mol. The van der Waals surface area contributed by atoms with E-state index in [4.69, 9.17) is 9.84 Å². The lowest BCUT2D eigenvalue weighted by molar-refractivity contribution is -0.00515. The van der Waals surface area contributed by atoms with E-state index in [1.807, 2.05) is 6.92 Å². The molecule has 0 bridgehead atoms. The standard InChI is InChI=1S/C14H21NO5S/c1-5-20-14(3,4)9-15-21(18,19)12-8-6-7-11(10(12)2)13(16)17/h6-8,15H,5,9H2,1-4H3,(H,16,17). The largest absolute Gasteiger partial charge is 0.478 e. The summed E-state index contributed by atoms with van der Waals surface area (Å²) in [6, 6.07) is 4.18. The Kier molecular flexibility index (Phi) is 5.49. The van der Waals surface area contributed by atoms with Gasteiger partial charge in [0.05, 0.1) is 16.1 Å². The van der Waals surface area contributed by atoms with E-state index in [-0.39, 0.29) is 22.6 Å². The number of carbonyl (C=O) groups is 1. The number of hydrogen-bond acceptors (Lipinski definition) is 4. The molecule has 0 aliphatic heterocycles. The Bertz CT molecular complexity index is 622. The van der Waals surface area contributed by atoms with Gasteiger partial charge in [-0.2, -0.15) is 0 Å². The van der Waals surface area contributed by atoms with Gasteiger partial charge in [-0.25, -0.2) is 17.9 Å². The number of ether oxygens (including phenoxy) is 1. The zero-order valence-corrected chi connectivity index (χ0v) is 13.5. The Morgan fingerprint density at radius 1 is 1.38 bits per heavy atom. The van der Waals surface area contributed by atoms with Gasteiger partial charge in [-0.05, 0) is 45.4 Å². The van der Waals surface area contributed by atoms with Gasteiger partial charge in [0.2, 0.25) is 10.0 Å². The molecule has 6 nitrogen and oxygen atoms in total. The Hall–Kier alpha value is -1.44. The van der Waals surface area contributed by atoms with Crippen LogP contribution in [-0.4, -0.2) is 38.2 Å². The minimum absolute atomic E-state index is 0.0260. The molecule has 0 fully saturated rings. The van der Waals surface area contributed by atoms with Crippen LogP contribution in [0.4, 0.5) is 0 Å². The number of sulfonamides is 1. The lowest BCUT2D eigenvalue weighted by Gasteiger charge is -2.25. The van der Waals surface area contributed by atoms with E-state index in [2.05, 4.69) is 4.72 Å². The normalized spacial score (nSPS) is 12.4. The average Bonchev–Trinajstić information content (AvgIpc) is 2.36. The zero-order chi connectivity index (χ0) is 16.3. The van der Waals surface area contributed by atoms with Crippen molar-refractivity contribution in [3.05, 3.63) is 29.3 Å². The van der Waals surface area contributed by atoms with Crippen molar-refractivity contribution in [3.63, 3.8) is 0 Å². The van der Waals surface area contributed by atoms with Gasteiger partial charge in [-0.1, -0.05) is 6.07 Å². The summed E-state index contributed by atoms with van der Waals surface area (Å²) in [6.45, 7) is 7.43. The zero-order valence-electron chi connectivity index (χ0n) is 12.6. The second kappa shape index (κ2) is 6.55. The molecule has 0 heterocycles. The molecule has 0 saturated carbocycles. The second-order valence-corrected chi connectivity index (χ2v) is 6.99. The fraction of sp³-hybridized carbons (Fsp3) is 0.500. The van der Waals surface area contributed by atoms with Crippen LogP contribution in [0.15, 0.2) is 23.1 Å². The maximum Gasteiger partial charge on any atom is 0.335 e. The number of carboxylic acids is 1. The molecule has 0 saturated heterocycles. The number of benzene rings is 1. The molecular formula is C14H21NO5S. The van der Waals surface area contributed by atoms with E-state index in [0.717, 1.165) is 0 Å². The van der Waals surface area contributed by atoms with Gasteiger partial charge in [0.1, 0.15) is 0 Å². The third-order valence-electron chi connectivity index (χ3n) is 3.03. The summed E-state index contributed by atoms with van der Waals surface area (Å²) in [6.07, 6.45) is 0. The minimum Gasteiger partial charge on any atom is -0.478 e. The van der Waals surface area contributed by atoms with Gasteiger partial charge in [0.15, 0.2) is 0 Å². The molecule has 118 valence electrons. The third-order valence-corrected chi connectivity index (χ3v) is 4.57. The molecule has 21 heavy (non-hydrogen) atoms. The first-order chi connectivity index (χ1) is 9.60. The fourth-order valence-corrected chi connectivity index (χ4v) is 3.39. The SMILES string of the molecule is CCOC(C)(C)CNS(=O)(=O)c1cccc(C(=O)O)c1C. The molecule has 1 aromatic carbocycles. The van der Waals surface area contributed by atoms with Crippen molar-refractivity contribution in [2.45, 2.75) is 38.2 Å². The van der Waals surface area contributed by atoms with Gasteiger partial charge in [0.25, 0.3) is 0 Å². The van der Waals surface area contributed by atoms with Crippen LogP contribution in [0.3, 0.4) is 0 Å². The maximum atomic E-state index is 12.3. The number of carboxylic acid groups (broad SMARTS) is 1. The van der Waals surface area contributed by atoms with E-state index in [1.54, 1.807) is 13.8 Å². The van der Waals surface area contributed by atoms with E-state index in [1.165, 1.54) is 25.1 Å². The Labute approximate surface area is 125 Å². The number of nitrogens with one attached hydrogen (secondary N) is 1. The number of rotatable bonds is 7. The molecule has 2 N–H and O–H groups in total. The topological polar surface area (TPSA) is 92.7 Å². The first-order valence-electron chi connectivity index (χ1n) is 6.57. The van der Waals surface area contributed by atoms with Crippen LogP contribution < -0.4 is 4.72 Å². The van der Waals surface area contributed by atoms with Crippen molar-refractivity contribution in [1.29, 1.82) is 0 Å². The number of aromatic carboxylic acids is 1. The monoisotopic (exact) mass is 315 g/mol. The fourth-order valence-electron chi connectivity index (χ4n) is 1.93. The van der Waals surface area contributed by atoms with Crippen molar-refractivity contribution in [2.24, 2.45) is 0 Å². The summed E-state index contributed by atoms with van der Waals surface area (Å²) in [4.78, 5) is 11.0. The highest BCUT2D eigenvalue weighted by atomic mass is 32.2. The molecule has 0 radical (unpaired) electrons. The highest BCUT2D eigenvalue weighted by molar-refractivity contribution is 7.89. The summed E-state index contributed by atoms with van der Waals surface area (Å²) in [5.74, 6) is -1.15. The summed E-state index contributed by atoms with van der Waals surface area (Å²) in [5.41, 5.74) is -0.450. The Morgan fingerprint density at radius 3 is 2.52 bits per heavy atom. The smallest absolute Gasteiger partial charge is 0.335 e. The number of hydrogen-bond donors (Lipinski definition) is 2. The van der Waals surface area contributed by atoms with Gasteiger partial charge >= 0.3 is 5.97 Å². The highest BCUT2D eigenvalue weighted by Gasteiger charge is 2.25. The predicted octanol–water partition coefficient (Wildman–Crippen LogP) is 1.79. The van der Waals surface area contributed by atoms with E-state index in [9.17, 15) is 13.2 Å². The van der Waals surface area contributed by atoms with Crippen molar-refractivity contribution >= 4 is 16.0 Å². The third kappa shape index (κ3) is 4.52. The molecule has 0 atom stereocenters. The van der Waals surface area contributed by atoms with E-state index >= 15 is 0 Å². The van der Waals surface area contributed by atoms with Gasteiger partial charge in [-0.15, -0.1) is 0 Å². The second-order valence-electron chi connectivity index (χ2n) is 5.25. The molecule has 0 spiro atoms. The molecule has 1 aromatic rings. The van der Waals surface area contributed by atoms with Crippen LogP contribution in [0.25, 0.3) is 0 Å². The van der Waals surface area contributed by atoms with Gasteiger partial charge in [-0.3, -0.25) is 0 Å². The molecule has 0 aliphatic rings. The summed E-state index contributed by atoms with van der Waals surface area (Å²) < 4.78 is 32.5. The van der Waals surface area contributed by atoms with Gasteiger partial charge < -0.3 is 9.84 Å². The molecule has 1 rings (SSSR count). The van der Waals surface area contributed by atoms with Gasteiger partial charge in [0, 0.05) is 13.2 Å². The lowest BCUT2D eigenvalue weighted by Crippen LogP contribution is -2.40. The van der Waals surface area contributed by atoms with Crippen LogP contribution in [0.5, 0.6) is 0 Å². The molecule has 7 heteroatoms. The maximum absolute atomic E-state index is 12.3. The first-order valence-corrected chi connectivity index (χ1v) is 8.05. The van der Waals surface area contributed by atoms with Crippen molar-refractivity contribution < 1.29 is 23.1 Å².